The Morgan fingerprint density at radius 1 is 1.38 bits per heavy atom. The summed E-state index contributed by atoms with van der Waals surface area (Å²) in [5, 5.41) is 16.5. The third-order valence-electron chi connectivity index (χ3n) is 4.75. The normalized spacial score (nSPS) is 14.9. The second-order valence-electron chi connectivity index (χ2n) is 7.34. The SMILES string of the molecule is CNC/C=C(\NC(C)C)C1=C(COc2cccc(O)c2C=O)CCN(C(C)=O)C1. The summed E-state index contributed by atoms with van der Waals surface area (Å²) in [6, 6.07) is 4.99. The number of benzene rings is 1. The minimum absolute atomic E-state index is 0.0382. The number of nitrogens with zero attached hydrogens (tertiary/aromatic N) is 1. The minimum Gasteiger partial charge on any atom is -0.507 e. The lowest BCUT2D eigenvalue weighted by Crippen LogP contribution is -2.39. The number of hydrogen-bond donors (Lipinski definition) is 3. The molecule has 1 heterocycles. The van der Waals surface area contributed by atoms with Crippen molar-refractivity contribution in [3.8, 4) is 11.5 Å². The number of phenols is 1. The summed E-state index contributed by atoms with van der Waals surface area (Å²) in [5.74, 6) is 0.281. The molecule has 29 heavy (non-hydrogen) atoms. The van der Waals surface area contributed by atoms with Gasteiger partial charge in [0.25, 0.3) is 0 Å². The fourth-order valence-electron chi connectivity index (χ4n) is 3.23. The summed E-state index contributed by atoms with van der Waals surface area (Å²) in [4.78, 5) is 25.1. The second kappa shape index (κ2) is 10.7. The van der Waals surface area contributed by atoms with Crippen LogP contribution in [0.5, 0.6) is 11.5 Å². The number of aromatic hydroxyl groups is 1. The Hall–Kier alpha value is -2.80. The Morgan fingerprint density at radius 3 is 2.76 bits per heavy atom. The van der Waals surface area contributed by atoms with Gasteiger partial charge in [0.1, 0.15) is 18.1 Å². The Morgan fingerprint density at radius 2 is 2.14 bits per heavy atom. The van der Waals surface area contributed by atoms with Gasteiger partial charge in [0.15, 0.2) is 6.29 Å². The number of hydrogen-bond acceptors (Lipinski definition) is 6. The molecule has 0 fully saturated rings. The Kier molecular flexibility index (Phi) is 8.27. The van der Waals surface area contributed by atoms with Gasteiger partial charge in [0.05, 0.1) is 5.56 Å². The first-order valence-electron chi connectivity index (χ1n) is 9.85. The van der Waals surface area contributed by atoms with Gasteiger partial charge in [-0.2, -0.15) is 0 Å². The molecule has 7 nitrogen and oxygen atoms in total. The van der Waals surface area contributed by atoms with Crippen LogP contribution >= 0.6 is 0 Å². The fraction of sp³-hybridized carbons (Fsp3) is 0.455. The summed E-state index contributed by atoms with van der Waals surface area (Å²) in [6.45, 7) is 7.81. The van der Waals surface area contributed by atoms with Crippen LogP contribution in [0.3, 0.4) is 0 Å². The van der Waals surface area contributed by atoms with Crippen LogP contribution in [0.25, 0.3) is 0 Å². The molecular formula is C22H31N3O4. The monoisotopic (exact) mass is 401 g/mol. The van der Waals surface area contributed by atoms with Crippen molar-refractivity contribution in [1.82, 2.24) is 15.5 Å². The number of ether oxygens (including phenoxy) is 1. The summed E-state index contributed by atoms with van der Waals surface area (Å²) < 4.78 is 5.91. The lowest BCUT2D eigenvalue weighted by atomic mass is 9.96. The third-order valence-corrected chi connectivity index (χ3v) is 4.75. The predicted molar refractivity (Wildman–Crippen MR) is 113 cm³/mol. The zero-order valence-electron chi connectivity index (χ0n) is 17.6. The van der Waals surface area contributed by atoms with Crippen molar-refractivity contribution in [3.63, 3.8) is 0 Å². The van der Waals surface area contributed by atoms with Gasteiger partial charge in [-0.05, 0) is 56.7 Å². The Labute approximate surface area is 172 Å². The van der Waals surface area contributed by atoms with Crippen LogP contribution in [0.4, 0.5) is 0 Å². The molecule has 0 unspecified atom stereocenters. The highest BCUT2D eigenvalue weighted by Gasteiger charge is 2.24. The van der Waals surface area contributed by atoms with Gasteiger partial charge < -0.3 is 25.4 Å². The van der Waals surface area contributed by atoms with Gasteiger partial charge in [0.2, 0.25) is 5.91 Å². The number of likely N-dealkylation sites (N-methyl/N-ethyl adjacent to an activating group) is 1. The predicted octanol–water partition coefficient (Wildman–Crippen LogP) is 2.23. The Bertz CT molecular complexity index is 799. The van der Waals surface area contributed by atoms with E-state index in [0.717, 1.165) is 16.8 Å². The average molecular weight is 402 g/mol. The van der Waals surface area contributed by atoms with Crippen molar-refractivity contribution in [1.29, 1.82) is 0 Å². The van der Waals surface area contributed by atoms with E-state index in [1.54, 1.807) is 19.1 Å². The van der Waals surface area contributed by atoms with E-state index in [-0.39, 0.29) is 29.9 Å². The van der Waals surface area contributed by atoms with Crippen LogP contribution in [-0.2, 0) is 4.79 Å². The van der Waals surface area contributed by atoms with Crippen LogP contribution in [-0.4, -0.2) is 61.5 Å². The molecule has 1 amide bonds. The summed E-state index contributed by atoms with van der Waals surface area (Å²) in [5.41, 5.74) is 3.22. The van der Waals surface area contributed by atoms with E-state index in [9.17, 15) is 14.7 Å². The van der Waals surface area contributed by atoms with E-state index in [1.165, 1.54) is 6.07 Å². The second-order valence-corrected chi connectivity index (χ2v) is 7.34. The van der Waals surface area contributed by atoms with Crippen LogP contribution in [0.1, 0.15) is 37.6 Å². The highest BCUT2D eigenvalue weighted by Crippen LogP contribution is 2.28. The van der Waals surface area contributed by atoms with Gasteiger partial charge in [-0.25, -0.2) is 0 Å². The molecule has 0 atom stereocenters. The van der Waals surface area contributed by atoms with Crippen molar-refractivity contribution in [3.05, 3.63) is 46.7 Å². The summed E-state index contributed by atoms with van der Waals surface area (Å²) >= 11 is 0. The van der Waals surface area contributed by atoms with E-state index in [4.69, 9.17) is 4.74 Å². The zero-order valence-corrected chi connectivity index (χ0v) is 17.6. The molecule has 0 bridgehead atoms. The fourth-order valence-corrected chi connectivity index (χ4v) is 3.23. The van der Waals surface area contributed by atoms with Gasteiger partial charge in [-0.3, -0.25) is 9.59 Å². The van der Waals surface area contributed by atoms with E-state index in [2.05, 4.69) is 30.6 Å². The molecule has 1 aliphatic rings. The molecule has 0 saturated heterocycles. The number of phenolic OH excluding ortho intramolecular Hbond substituents is 1. The molecule has 3 N–H and O–H groups in total. The van der Waals surface area contributed by atoms with Crippen molar-refractivity contribution in [2.24, 2.45) is 0 Å². The smallest absolute Gasteiger partial charge is 0.219 e. The standard InChI is InChI=1S/C22H31N3O4/c1-15(2)24-20(8-10-23-4)18-12-25(16(3)27)11-9-17(18)14-29-22-7-5-6-21(28)19(22)13-26/h5-8,13,15,23-24,28H,9-12,14H2,1-4H3/b20-8-. The largest absolute Gasteiger partial charge is 0.507 e. The molecule has 158 valence electrons. The zero-order chi connectivity index (χ0) is 21.4. The first-order valence-corrected chi connectivity index (χ1v) is 9.85. The van der Waals surface area contributed by atoms with E-state index >= 15 is 0 Å². The topological polar surface area (TPSA) is 90.9 Å². The summed E-state index contributed by atoms with van der Waals surface area (Å²) in [6.07, 6.45) is 3.35. The maximum Gasteiger partial charge on any atom is 0.219 e. The number of rotatable bonds is 9. The first-order chi connectivity index (χ1) is 13.9. The highest BCUT2D eigenvalue weighted by molar-refractivity contribution is 5.83. The quantitative estimate of drug-likeness (QED) is 0.550. The van der Waals surface area contributed by atoms with E-state index < -0.39 is 0 Å². The van der Waals surface area contributed by atoms with Crippen LogP contribution < -0.4 is 15.4 Å². The van der Waals surface area contributed by atoms with Crippen LogP contribution in [0, 0.1) is 0 Å². The average Bonchev–Trinajstić information content (AvgIpc) is 2.69. The van der Waals surface area contributed by atoms with Crippen LogP contribution in [0.2, 0.25) is 0 Å². The Balaban J connectivity index is 2.36. The van der Waals surface area contributed by atoms with Gasteiger partial charge >= 0.3 is 0 Å². The molecule has 1 aliphatic heterocycles. The maximum absolute atomic E-state index is 12.0. The van der Waals surface area contributed by atoms with Gasteiger partial charge in [-0.1, -0.05) is 6.07 Å². The van der Waals surface area contributed by atoms with Crippen molar-refractivity contribution in [2.75, 3.05) is 33.3 Å². The number of amides is 1. The maximum atomic E-state index is 12.0. The van der Waals surface area contributed by atoms with Gasteiger partial charge in [0, 0.05) is 38.3 Å². The van der Waals surface area contributed by atoms with Crippen LogP contribution in [0.15, 0.2) is 41.1 Å². The van der Waals surface area contributed by atoms with E-state index in [1.807, 2.05) is 11.9 Å². The molecule has 1 aromatic rings. The molecule has 0 aliphatic carbocycles. The molecule has 0 saturated carbocycles. The first kappa shape index (κ1) is 22.5. The molecule has 2 rings (SSSR count). The molecule has 0 radical (unpaired) electrons. The number of carbonyl (C=O) groups is 2. The summed E-state index contributed by atoms with van der Waals surface area (Å²) in [7, 11) is 1.88. The number of nitrogens with one attached hydrogen (secondary N) is 2. The van der Waals surface area contributed by atoms with Crippen molar-refractivity contribution >= 4 is 12.2 Å². The molecular weight excluding hydrogens is 370 g/mol. The minimum atomic E-state index is -0.103. The number of aldehydes is 1. The molecule has 0 spiro atoms. The lowest BCUT2D eigenvalue weighted by molar-refractivity contribution is -0.128. The highest BCUT2D eigenvalue weighted by atomic mass is 16.5. The molecule has 0 aromatic heterocycles. The third kappa shape index (κ3) is 6.09. The van der Waals surface area contributed by atoms with Crippen molar-refractivity contribution < 1.29 is 19.4 Å². The van der Waals surface area contributed by atoms with E-state index in [0.29, 0.717) is 38.1 Å². The van der Waals surface area contributed by atoms with Gasteiger partial charge in [-0.15, -0.1) is 0 Å². The lowest BCUT2D eigenvalue weighted by Gasteiger charge is -2.32. The molecule has 1 aromatic carbocycles. The molecule has 7 heteroatoms. The number of carbonyl (C=O) groups excluding carboxylic acids is 2. The van der Waals surface area contributed by atoms with Crippen molar-refractivity contribution in [2.45, 2.75) is 33.2 Å².